The number of pyridine rings is 1. The highest BCUT2D eigenvalue weighted by atomic mass is 19.1. The molecule has 2 heterocycles. The van der Waals surface area contributed by atoms with Crippen molar-refractivity contribution < 1.29 is 19.0 Å². The van der Waals surface area contributed by atoms with Crippen LogP contribution < -0.4 is 5.32 Å². The quantitative estimate of drug-likeness (QED) is 0.742. The molecule has 0 unspecified atom stereocenters. The zero-order chi connectivity index (χ0) is 21.1. The van der Waals surface area contributed by atoms with Gasteiger partial charge in [0.15, 0.2) is 0 Å². The number of piperidine rings is 1. The van der Waals surface area contributed by atoms with Gasteiger partial charge in [0.05, 0.1) is 5.69 Å². The third-order valence-electron chi connectivity index (χ3n) is 5.24. The second-order valence-corrected chi connectivity index (χ2v) is 9.06. The van der Waals surface area contributed by atoms with Crippen molar-refractivity contribution in [2.45, 2.75) is 78.2 Å². The third kappa shape index (κ3) is 6.14. The summed E-state index contributed by atoms with van der Waals surface area (Å²) >= 11 is 0. The number of likely N-dealkylation sites (tertiary alicyclic amines) is 1. The summed E-state index contributed by atoms with van der Waals surface area (Å²) in [5.74, 6) is -0.235. The van der Waals surface area contributed by atoms with Crippen LogP contribution in [0.2, 0.25) is 0 Å². The number of ether oxygens (including phenoxy) is 1. The smallest absolute Gasteiger partial charge is 0.410 e. The second-order valence-electron chi connectivity index (χ2n) is 9.06. The van der Waals surface area contributed by atoms with Crippen LogP contribution in [0.5, 0.6) is 0 Å². The van der Waals surface area contributed by atoms with Crippen molar-refractivity contribution in [2.24, 2.45) is 5.92 Å². The van der Waals surface area contributed by atoms with E-state index in [4.69, 9.17) is 4.74 Å². The Morgan fingerprint density at radius 3 is 2.46 bits per heavy atom. The lowest BCUT2D eigenvalue weighted by Gasteiger charge is -2.33. The normalized spacial score (nSPS) is 18.2. The molecule has 1 aliphatic rings. The van der Waals surface area contributed by atoms with Gasteiger partial charge in [-0.3, -0.25) is 10.3 Å². The first-order chi connectivity index (χ1) is 12.9. The molecule has 1 aliphatic heterocycles. The lowest BCUT2D eigenvalue weighted by Crippen LogP contribution is -2.46. The van der Waals surface area contributed by atoms with E-state index < -0.39 is 11.3 Å². The molecule has 0 spiro atoms. The summed E-state index contributed by atoms with van der Waals surface area (Å²) in [6, 6.07) is 3.15. The van der Waals surface area contributed by atoms with Gasteiger partial charge >= 0.3 is 6.09 Å². The first-order valence-electron chi connectivity index (χ1n) is 9.99. The van der Waals surface area contributed by atoms with Crippen molar-refractivity contribution in [3.8, 4) is 0 Å². The van der Waals surface area contributed by atoms with Crippen molar-refractivity contribution >= 4 is 6.09 Å². The number of hydrogen-bond donors (Lipinski definition) is 2. The number of aromatic nitrogens is 1. The number of hydrogen-bond acceptors (Lipinski definition) is 5. The Kier molecular flexibility index (Phi) is 7.04. The summed E-state index contributed by atoms with van der Waals surface area (Å²) in [7, 11) is 0. The van der Waals surface area contributed by atoms with Crippen LogP contribution in [0.15, 0.2) is 12.1 Å². The molecule has 1 saturated heterocycles. The van der Waals surface area contributed by atoms with E-state index >= 15 is 0 Å². The summed E-state index contributed by atoms with van der Waals surface area (Å²) in [4.78, 5) is 18.4. The van der Waals surface area contributed by atoms with Gasteiger partial charge in [0.25, 0.3) is 0 Å². The fraction of sp³-hybridized carbons (Fsp3) is 0.714. The Balaban J connectivity index is 1.99. The molecule has 1 fully saturated rings. The first-order valence-corrected chi connectivity index (χ1v) is 9.99. The molecule has 0 aromatic carbocycles. The molecule has 1 aromatic rings. The molecule has 0 aliphatic carbocycles. The average molecular weight is 396 g/mol. The average Bonchev–Trinajstić information content (AvgIpc) is 2.59. The van der Waals surface area contributed by atoms with Crippen LogP contribution in [-0.4, -0.2) is 45.5 Å². The fourth-order valence-electron chi connectivity index (χ4n) is 3.00. The predicted octanol–water partition coefficient (Wildman–Crippen LogP) is 3.79. The summed E-state index contributed by atoms with van der Waals surface area (Å²) in [5, 5.41) is 13.3. The molecule has 6 nitrogen and oxygen atoms in total. The van der Waals surface area contributed by atoms with E-state index in [1.54, 1.807) is 17.9 Å². The zero-order valence-electron chi connectivity index (χ0n) is 17.9. The molecule has 0 bridgehead atoms. The number of nitrogens with zero attached hydrogens (tertiary/aromatic N) is 2. The summed E-state index contributed by atoms with van der Waals surface area (Å²) < 4.78 is 19.6. The third-order valence-corrected chi connectivity index (χ3v) is 5.24. The van der Waals surface area contributed by atoms with Crippen molar-refractivity contribution in [3.05, 3.63) is 29.3 Å². The Bertz CT molecular complexity index is 678. The number of rotatable bonds is 5. The molecule has 2 N–H and O–H groups in total. The Morgan fingerprint density at radius 1 is 1.32 bits per heavy atom. The molecular weight excluding hydrogens is 361 g/mol. The summed E-state index contributed by atoms with van der Waals surface area (Å²) in [6.07, 6.45) is 1.22. The Labute approximate surface area is 167 Å². The molecule has 1 atom stereocenters. The minimum absolute atomic E-state index is 0.0177. The minimum atomic E-state index is -1.09. The molecule has 2 rings (SSSR count). The molecule has 0 radical (unpaired) electrons. The highest BCUT2D eigenvalue weighted by molar-refractivity contribution is 5.68. The Morgan fingerprint density at radius 2 is 1.93 bits per heavy atom. The number of carbonyl (C=O) groups excluding carboxylic acids is 1. The number of halogens is 1. The second kappa shape index (κ2) is 8.74. The zero-order valence-corrected chi connectivity index (χ0v) is 17.9. The molecule has 7 heteroatoms. The van der Waals surface area contributed by atoms with Gasteiger partial charge in [-0.05, 0) is 58.6 Å². The topological polar surface area (TPSA) is 74.7 Å². The standard InChI is InChI=1S/C21H34FN3O3/c1-14(2)21(6,27)23-13-18-16(22)7-8-17(24-18)15-9-11-25(12-10-15)19(26)28-20(3,4)5/h7-8,14-15,23,27H,9-13H2,1-6H3/t21-/m1/s1. The number of amides is 1. The maximum atomic E-state index is 14.2. The molecule has 1 amide bonds. The van der Waals surface area contributed by atoms with Gasteiger partial charge in [-0.25, -0.2) is 9.18 Å². The first kappa shape index (κ1) is 22.6. The molecule has 28 heavy (non-hydrogen) atoms. The van der Waals surface area contributed by atoms with Crippen LogP contribution in [0.4, 0.5) is 9.18 Å². The summed E-state index contributed by atoms with van der Waals surface area (Å²) in [5.41, 5.74) is -0.478. The van der Waals surface area contributed by atoms with E-state index in [2.05, 4.69) is 10.3 Å². The van der Waals surface area contributed by atoms with E-state index in [9.17, 15) is 14.3 Å². The van der Waals surface area contributed by atoms with E-state index in [1.165, 1.54) is 6.07 Å². The van der Waals surface area contributed by atoms with Gasteiger partial charge in [-0.15, -0.1) is 0 Å². The van der Waals surface area contributed by atoms with Crippen molar-refractivity contribution in [1.82, 2.24) is 15.2 Å². The number of nitrogens with one attached hydrogen (secondary N) is 1. The van der Waals surface area contributed by atoms with Gasteiger partial charge in [-0.1, -0.05) is 13.8 Å². The van der Waals surface area contributed by atoms with Crippen LogP contribution in [0.1, 0.15) is 71.7 Å². The van der Waals surface area contributed by atoms with Crippen LogP contribution in [-0.2, 0) is 11.3 Å². The van der Waals surface area contributed by atoms with Gasteiger partial charge in [0.1, 0.15) is 17.1 Å². The maximum absolute atomic E-state index is 14.2. The lowest BCUT2D eigenvalue weighted by molar-refractivity contribution is -0.0219. The van der Waals surface area contributed by atoms with Gasteiger partial charge in [-0.2, -0.15) is 0 Å². The highest BCUT2D eigenvalue weighted by Gasteiger charge is 2.29. The van der Waals surface area contributed by atoms with Crippen molar-refractivity contribution in [2.75, 3.05) is 13.1 Å². The number of carbonyl (C=O) groups is 1. The van der Waals surface area contributed by atoms with Crippen LogP contribution in [0, 0.1) is 11.7 Å². The molecule has 1 aromatic heterocycles. The van der Waals surface area contributed by atoms with Gasteiger partial charge in [0, 0.05) is 31.2 Å². The van der Waals surface area contributed by atoms with Crippen LogP contribution in [0.25, 0.3) is 0 Å². The van der Waals surface area contributed by atoms with Crippen molar-refractivity contribution in [3.63, 3.8) is 0 Å². The SMILES string of the molecule is CC(C)[C@@](C)(O)NCc1nc(C2CCN(C(=O)OC(C)(C)C)CC2)ccc1F. The lowest BCUT2D eigenvalue weighted by atomic mass is 9.93. The predicted molar refractivity (Wildman–Crippen MR) is 106 cm³/mol. The summed E-state index contributed by atoms with van der Waals surface area (Å²) in [6.45, 7) is 12.4. The molecule has 0 saturated carbocycles. The van der Waals surface area contributed by atoms with E-state index in [1.807, 2.05) is 34.6 Å². The minimum Gasteiger partial charge on any atom is -0.444 e. The molecular formula is C21H34FN3O3. The molecule has 158 valence electrons. The van der Waals surface area contributed by atoms with Gasteiger partial charge in [0.2, 0.25) is 0 Å². The number of aliphatic hydroxyl groups is 1. The van der Waals surface area contributed by atoms with Crippen LogP contribution >= 0.6 is 0 Å². The Hall–Kier alpha value is -1.73. The van der Waals surface area contributed by atoms with E-state index in [-0.39, 0.29) is 30.3 Å². The van der Waals surface area contributed by atoms with Gasteiger partial charge < -0.3 is 14.7 Å². The van der Waals surface area contributed by atoms with Crippen LogP contribution in [0.3, 0.4) is 0 Å². The fourth-order valence-corrected chi connectivity index (χ4v) is 3.00. The largest absolute Gasteiger partial charge is 0.444 e. The monoisotopic (exact) mass is 395 g/mol. The van der Waals surface area contributed by atoms with E-state index in [0.717, 1.165) is 18.5 Å². The maximum Gasteiger partial charge on any atom is 0.410 e. The highest BCUT2D eigenvalue weighted by Crippen LogP contribution is 2.28. The van der Waals surface area contributed by atoms with Crippen molar-refractivity contribution in [1.29, 1.82) is 0 Å². The van der Waals surface area contributed by atoms with E-state index in [0.29, 0.717) is 18.8 Å².